The van der Waals surface area contributed by atoms with Crippen molar-refractivity contribution in [2.24, 2.45) is 0 Å². The summed E-state index contributed by atoms with van der Waals surface area (Å²) in [4.78, 5) is 16.0. The summed E-state index contributed by atoms with van der Waals surface area (Å²) in [6.07, 6.45) is 0. The standard InChI is InChI=1S/C70H48N4Si/c1-7-25-49(26-8-1)67-71-68(73-69(72-67)51-28-24-40-58(46-51)75(55-34-13-4-14-35-55,56-36-15-5-16-37-56)57-38-17-6-18-39-57)50-27-23-33-54(45-50)74-65-44-22-20-42-60(65)62-47-61-59-41-19-21-43-63(59)70(64(61)48-66(62)74,52-29-9-2-10-30-52)53-31-11-3-12-32-53/h1-48H. The summed E-state index contributed by atoms with van der Waals surface area (Å²) in [5, 5.41) is 7.58. The second-order valence-electron chi connectivity index (χ2n) is 19.4. The molecule has 0 N–H and O–H groups in total. The quantitative estimate of drug-likeness (QED) is 0.101. The first-order chi connectivity index (χ1) is 37.2. The number of para-hydroxylation sites is 1. The van der Waals surface area contributed by atoms with Gasteiger partial charge in [-0.2, -0.15) is 0 Å². The first-order valence-corrected chi connectivity index (χ1v) is 27.7. The van der Waals surface area contributed by atoms with E-state index >= 15 is 0 Å². The molecule has 1 aliphatic carbocycles. The number of aromatic nitrogens is 4. The molecule has 5 heteroatoms. The average Bonchev–Trinajstić information content (AvgIpc) is 4.01. The van der Waals surface area contributed by atoms with Gasteiger partial charge in [0.05, 0.1) is 16.4 Å². The first-order valence-electron chi connectivity index (χ1n) is 25.7. The molecule has 0 bridgehead atoms. The van der Waals surface area contributed by atoms with Gasteiger partial charge in [-0.05, 0) is 84.5 Å². The first kappa shape index (κ1) is 44.2. The predicted octanol–water partition coefficient (Wildman–Crippen LogP) is 13.7. The Balaban J connectivity index is 0.969. The monoisotopic (exact) mass is 972 g/mol. The lowest BCUT2D eigenvalue weighted by atomic mass is 9.67. The SMILES string of the molecule is c1ccc(-c2nc(-c3cccc(-n4c5ccccc5c5cc6c(cc54)C(c4ccccc4)(c4ccccc4)c4ccccc4-6)c3)nc(-c3cccc([Si](c4ccccc4)(c4ccccc4)c4ccccc4)c3)n2)cc1. The van der Waals surface area contributed by atoms with Crippen LogP contribution in [0, 0.1) is 0 Å². The van der Waals surface area contributed by atoms with Crippen molar-refractivity contribution in [3.8, 4) is 51.0 Å². The largest absolute Gasteiger partial charge is 0.309 e. The van der Waals surface area contributed by atoms with Gasteiger partial charge in [0.25, 0.3) is 0 Å². The Labute approximate surface area is 437 Å². The zero-order valence-corrected chi connectivity index (χ0v) is 42.0. The summed E-state index contributed by atoms with van der Waals surface area (Å²) >= 11 is 0. The lowest BCUT2D eigenvalue weighted by Gasteiger charge is -2.34. The highest BCUT2D eigenvalue weighted by atomic mass is 28.3. The van der Waals surface area contributed by atoms with Gasteiger partial charge in [0.2, 0.25) is 0 Å². The molecule has 4 nitrogen and oxygen atoms in total. The smallest absolute Gasteiger partial charge is 0.179 e. The fourth-order valence-electron chi connectivity index (χ4n) is 12.3. The molecule has 0 radical (unpaired) electrons. The molecule has 2 heterocycles. The Morgan fingerprint density at radius 1 is 0.293 bits per heavy atom. The molecule has 352 valence electrons. The van der Waals surface area contributed by atoms with Crippen molar-refractivity contribution in [1.82, 2.24) is 19.5 Å². The average molecular weight is 973 g/mol. The van der Waals surface area contributed by atoms with Crippen LogP contribution in [0.4, 0.5) is 0 Å². The highest BCUT2D eigenvalue weighted by Crippen LogP contribution is 2.57. The highest BCUT2D eigenvalue weighted by Gasteiger charge is 2.47. The van der Waals surface area contributed by atoms with E-state index in [1.165, 1.54) is 64.9 Å². The molecule has 0 fully saturated rings. The summed E-state index contributed by atoms with van der Waals surface area (Å²) < 4.78 is 2.43. The van der Waals surface area contributed by atoms with Crippen LogP contribution in [0.5, 0.6) is 0 Å². The Hall–Kier alpha value is -9.55. The van der Waals surface area contributed by atoms with E-state index in [4.69, 9.17) is 15.0 Å². The van der Waals surface area contributed by atoms with Crippen molar-refractivity contribution in [2.75, 3.05) is 0 Å². The van der Waals surface area contributed by atoms with Gasteiger partial charge in [0.15, 0.2) is 25.5 Å². The number of nitrogens with zero attached hydrogens (tertiary/aromatic N) is 4. The van der Waals surface area contributed by atoms with Crippen LogP contribution in [0.1, 0.15) is 22.3 Å². The van der Waals surface area contributed by atoms with Crippen molar-refractivity contribution in [1.29, 1.82) is 0 Å². The van der Waals surface area contributed by atoms with Crippen LogP contribution >= 0.6 is 0 Å². The van der Waals surface area contributed by atoms with Gasteiger partial charge in [0.1, 0.15) is 0 Å². The molecule has 13 aromatic rings. The normalized spacial score (nSPS) is 12.6. The third-order valence-corrected chi connectivity index (χ3v) is 20.2. The predicted molar refractivity (Wildman–Crippen MR) is 311 cm³/mol. The maximum Gasteiger partial charge on any atom is 0.179 e. The van der Waals surface area contributed by atoms with E-state index in [1.807, 2.05) is 18.2 Å². The van der Waals surface area contributed by atoms with Crippen LogP contribution in [0.25, 0.3) is 72.8 Å². The third-order valence-electron chi connectivity index (χ3n) is 15.5. The summed E-state index contributed by atoms with van der Waals surface area (Å²) in [6, 6.07) is 106. The Morgan fingerprint density at radius 3 is 1.35 bits per heavy atom. The van der Waals surface area contributed by atoms with E-state index in [0.717, 1.165) is 33.4 Å². The van der Waals surface area contributed by atoms with Crippen molar-refractivity contribution in [3.63, 3.8) is 0 Å². The highest BCUT2D eigenvalue weighted by molar-refractivity contribution is 7.19. The number of rotatable bonds is 10. The number of fused-ring (bicyclic) bond motifs is 6. The van der Waals surface area contributed by atoms with Gasteiger partial charge in [-0.15, -0.1) is 0 Å². The van der Waals surface area contributed by atoms with Gasteiger partial charge in [0, 0.05) is 33.2 Å². The third kappa shape index (κ3) is 7.08. The molecule has 0 saturated heterocycles. The molecule has 0 aliphatic heterocycles. The van der Waals surface area contributed by atoms with Crippen molar-refractivity contribution in [2.45, 2.75) is 5.41 Å². The minimum absolute atomic E-state index is 0.538. The minimum Gasteiger partial charge on any atom is -0.309 e. The van der Waals surface area contributed by atoms with Gasteiger partial charge < -0.3 is 4.57 Å². The van der Waals surface area contributed by atoms with Crippen LogP contribution in [0.15, 0.2) is 291 Å². The molecule has 2 aromatic heterocycles. The maximum absolute atomic E-state index is 5.43. The van der Waals surface area contributed by atoms with E-state index in [0.29, 0.717) is 17.5 Å². The van der Waals surface area contributed by atoms with E-state index in [9.17, 15) is 0 Å². The fourth-order valence-corrected chi connectivity index (χ4v) is 17.1. The van der Waals surface area contributed by atoms with Crippen molar-refractivity contribution >= 4 is 50.6 Å². The molecular weight excluding hydrogens is 925 g/mol. The second kappa shape index (κ2) is 18.2. The molecule has 1 aliphatic rings. The molecular formula is C70H48N4Si. The van der Waals surface area contributed by atoms with Gasteiger partial charge >= 0.3 is 0 Å². The van der Waals surface area contributed by atoms with E-state index in [1.54, 1.807) is 0 Å². The second-order valence-corrected chi connectivity index (χ2v) is 23.3. The Morgan fingerprint density at radius 2 is 0.747 bits per heavy atom. The zero-order valence-electron chi connectivity index (χ0n) is 41.0. The van der Waals surface area contributed by atoms with Crippen LogP contribution in [-0.4, -0.2) is 27.6 Å². The molecule has 0 atom stereocenters. The topological polar surface area (TPSA) is 43.6 Å². The number of benzene rings is 11. The number of hydrogen-bond donors (Lipinski definition) is 0. The van der Waals surface area contributed by atoms with Crippen LogP contribution < -0.4 is 20.7 Å². The van der Waals surface area contributed by atoms with Crippen LogP contribution in [0.3, 0.4) is 0 Å². The summed E-state index contributed by atoms with van der Waals surface area (Å²) in [7, 11) is -2.85. The Kier molecular flexibility index (Phi) is 10.7. The maximum atomic E-state index is 5.43. The van der Waals surface area contributed by atoms with Gasteiger partial charge in [-0.1, -0.05) is 261 Å². The molecule has 14 rings (SSSR count). The van der Waals surface area contributed by atoms with Gasteiger partial charge in [-0.3, -0.25) is 0 Å². The van der Waals surface area contributed by atoms with E-state index < -0.39 is 13.5 Å². The summed E-state index contributed by atoms with van der Waals surface area (Å²) in [5.74, 6) is 1.84. The van der Waals surface area contributed by atoms with Crippen LogP contribution in [-0.2, 0) is 5.41 Å². The van der Waals surface area contributed by atoms with E-state index in [-0.39, 0.29) is 0 Å². The summed E-state index contributed by atoms with van der Waals surface area (Å²) in [6.45, 7) is 0. The van der Waals surface area contributed by atoms with Gasteiger partial charge in [-0.25, -0.2) is 15.0 Å². The molecule has 0 amide bonds. The van der Waals surface area contributed by atoms with Crippen molar-refractivity contribution in [3.05, 3.63) is 313 Å². The zero-order chi connectivity index (χ0) is 49.8. The molecule has 0 unspecified atom stereocenters. The van der Waals surface area contributed by atoms with Crippen molar-refractivity contribution < 1.29 is 0 Å². The molecule has 75 heavy (non-hydrogen) atoms. The van der Waals surface area contributed by atoms with Crippen LogP contribution in [0.2, 0.25) is 0 Å². The van der Waals surface area contributed by atoms with E-state index in [2.05, 4.69) is 278 Å². The lowest BCUT2D eigenvalue weighted by molar-refractivity contribution is 0.769. The molecule has 11 aromatic carbocycles. The number of hydrogen-bond acceptors (Lipinski definition) is 3. The molecule has 0 saturated carbocycles. The Bertz CT molecular complexity index is 4080. The lowest BCUT2D eigenvalue weighted by Crippen LogP contribution is -2.74. The summed E-state index contributed by atoms with van der Waals surface area (Å²) in [5.41, 5.74) is 13.1. The fraction of sp³-hybridized carbons (Fsp3) is 0.0143. The molecule has 0 spiro atoms. The minimum atomic E-state index is -2.85.